The summed E-state index contributed by atoms with van der Waals surface area (Å²) in [5.41, 5.74) is 0.357. The highest BCUT2D eigenvalue weighted by Gasteiger charge is 2.33. The molecule has 1 saturated heterocycles. The Kier molecular flexibility index (Phi) is 6.05. The summed E-state index contributed by atoms with van der Waals surface area (Å²) in [7, 11) is 1.86. The lowest BCUT2D eigenvalue weighted by atomic mass is 9.90. The average molecular weight is 400 g/mol. The summed E-state index contributed by atoms with van der Waals surface area (Å²) in [6.45, 7) is 6.90. The summed E-state index contributed by atoms with van der Waals surface area (Å²) >= 11 is 0. The molecule has 6 nitrogen and oxygen atoms in total. The first-order chi connectivity index (χ1) is 13.7. The standard InChI is InChI=1S/C22H29FN4O2/c1-22(2,3)21(29)27-12-9-16(10-13-27)20(28)25-18(19-24-11-14-26(19)4)15-5-7-17(23)8-6-15/h5-8,11,14,16,18H,9-10,12-13H2,1-4H3,(H,25,28)/t18-/m0/s1. The molecule has 29 heavy (non-hydrogen) atoms. The van der Waals surface area contributed by atoms with Crippen molar-refractivity contribution in [2.45, 2.75) is 39.7 Å². The van der Waals surface area contributed by atoms with Crippen LogP contribution in [0.3, 0.4) is 0 Å². The lowest BCUT2D eigenvalue weighted by molar-refractivity contribution is -0.142. The number of amides is 2. The van der Waals surface area contributed by atoms with E-state index in [2.05, 4.69) is 10.3 Å². The summed E-state index contributed by atoms with van der Waals surface area (Å²) in [6.07, 6.45) is 4.75. The van der Waals surface area contributed by atoms with Gasteiger partial charge in [0, 0.05) is 43.9 Å². The number of aromatic nitrogens is 2. The molecule has 1 aromatic heterocycles. The molecular weight excluding hydrogens is 371 g/mol. The number of hydrogen-bond acceptors (Lipinski definition) is 3. The van der Waals surface area contributed by atoms with Gasteiger partial charge in [-0.05, 0) is 30.5 Å². The van der Waals surface area contributed by atoms with Crippen LogP contribution in [0.5, 0.6) is 0 Å². The lowest BCUT2D eigenvalue weighted by Gasteiger charge is -2.35. The zero-order valence-electron chi connectivity index (χ0n) is 17.5. The SMILES string of the molecule is Cn1ccnc1[C@@H](NC(=O)C1CCN(C(=O)C(C)(C)C)CC1)c1ccc(F)cc1. The number of rotatable bonds is 4. The number of carbonyl (C=O) groups is 2. The largest absolute Gasteiger partial charge is 0.342 e. The summed E-state index contributed by atoms with van der Waals surface area (Å²) in [4.78, 5) is 31.7. The zero-order chi connectivity index (χ0) is 21.2. The number of nitrogens with zero attached hydrogens (tertiary/aromatic N) is 3. The van der Waals surface area contributed by atoms with Crippen LogP contribution < -0.4 is 5.32 Å². The lowest BCUT2D eigenvalue weighted by Crippen LogP contribution is -2.47. The molecule has 156 valence electrons. The Balaban J connectivity index is 1.71. The van der Waals surface area contributed by atoms with Crippen LogP contribution in [0.15, 0.2) is 36.7 Å². The van der Waals surface area contributed by atoms with Crippen LogP contribution in [-0.2, 0) is 16.6 Å². The molecule has 1 atom stereocenters. The molecule has 0 aliphatic carbocycles. The van der Waals surface area contributed by atoms with Gasteiger partial charge in [0.2, 0.25) is 11.8 Å². The third-order valence-corrected chi connectivity index (χ3v) is 5.40. The average Bonchev–Trinajstić information content (AvgIpc) is 3.11. The van der Waals surface area contributed by atoms with E-state index < -0.39 is 11.5 Å². The van der Waals surface area contributed by atoms with Gasteiger partial charge in [-0.1, -0.05) is 32.9 Å². The maximum absolute atomic E-state index is 13.4. The molecule has 2 amide bonds. The van der Waals surface area contributed by atoms with Gasteiger partial charge in [0.05, 0.1) is 0 Å². The van der Waals surface area contributed by atoms with Gasteiger partial charge in [0.25, 0.3) is 0 Å². The van der Waals surface area contributed by atoms with E-state index in [1.54, 1.807) is 18.3 Å². The fourth-order valence-electron chi connectivity index (χ4n) is 3.69. The van der Waals surface area contributed by atoms with Crippen molar-refractivity contribution >= 4 is 11.8 Å². The number of carbonyl (C=O) groups excluding carboxylic acids is 2. The normalized spacial score (nSPS) is 16.5. The van der Waals surface area contributed by atoms with Crippen LogP contribution in [0, 0.1) is 17.2 Å². The van der Waals surface area contributed by atoms with Crippen molar-refractivity contribution in [3.05, 3.63) is 53.9 Å². The van der Waals surface area contributed by atoms with Crippen LogP contribution >= 0.6 is 0 Å². The number of imidazole rings is 1. The highest BCUT2D eigenvalue weighted by Crippen LogP contribution is 2.26. The number of piperidine rings is 1. The van der Waals surface area contributed by atoms with Gasteiger partial charge in [0.15, 0.2) is 0 Å². The number of aryl methyl sites for hydroxylation is 1. The van der Waals surface area contributed by atoms with Crippen molar-refractivity contribution in [3.63, 3.8) is 0 Å². The second kappa shape index (κ2) is 8.35. The van der Waals surface area contributed by atoms with Crippen molar-refractivity contribution in [1.82, 2.24) is 19.8 Å². The molecule has 1 aliphatic heterocycles. The number of benzene rings is 1. The molecule has 3 rings (SSSR count). The van der Waals surface area contributed by atoms with Crippen LogP contribution in [0.2, 0.25) is 0 Å². The van der Waals surface area contributed by atoms with E-state index in [-0.39, 0.29) is 23.5 Å². The molecule has 2 aromatic rings. The first-order valence-corrected chi connectivity index (χ1v) is 9.99. The van der Waals surface area contributed by atoms with Crippen molar-refractivity contribution in [2.24, 2.45) is 18.4 Å². The fourth-order valence-corrected chi connectivity index (χ4v) is 3.69. The fraction of sp³-hybridized carbons (Fsp3) is 0.500. The van der Waals surface area contributed by atoms with Crippen molar-refractivity contribution in [1.29, 1.82) is 0 Å². The molecule has 7 heteroatoms. The molecule has 1 aromatic carbocycles. The molecule has 1 fully saturated rings. The third kappa shape index (κ3) is 4.83. The first kappa shape index (κ1) is 21.0. The Morgan fingerprint density at radius 1 is 1.17 bits per heavy atom. The van der Waals surface area contributed by atoms with E-state index in [1.807, 2.05) is 43.5 Å². The monoisotopic (exact) mass is 400 g/mol. The molecule has 1 N–H and O–H groups in total. The Morgan fingerprint density at radius 2 is 1.79 bits per heavy atom. The summed E-state index contributed by atoms with van der Waals surface area (Å²) in [6, 6.07) is 5.64. The zero-order valence-corrected chi connectivity index (χ0v) is 17.5. The van der Waals surface area contributed by atoms with Gasteiger partial charge in [-0.15, -0.1) is 0 Å². The van der Waals surface area contributed by atoms with E-state index in [9.17, 15) is 14.0 Å². The Hall–Kier alpha value is -2.70. The number of hydrogen-bond donors (Lipinski definition) is 1. The smallest absolute Gasteiger partial charge is 0.227 e. The maximum Gasteiger partial charge on any atom is 0.227 e. The van der Waals surface area contributed by atoms with Crippen LogP contribution in [0.4, 0.5) is 4.39 Å². The summed E-state index contributed by atoms with van der Waals surface area (Å²) in [5.74, 6) is 0.251. The van der Waals surface area contributed by atoms with Crippen LogP contribution in [-0.4, -0.2) is 39.4 Å². The predicted octanol–water partition coefficient (Wildman–Crippen LogP) is 3.05. The summed E-state index contributed by atoms with van der Waals surface area (Å²) < 4.78 is 15.2. The van der Waals surface area contributed by atoms with Crippen LogP contribution in [0.1, 0.15) is 51.0 Å². The van der Waals surface area contributed by atoms with Gasteiger partial charge in [0.1, 0.15) is 17.7 Å². The predicted molar refractivity (Wildman–Crippen MR) is 108 cm³/mol. The molecule has 0 bridgehead atoms. The van der Waals surface area contributed by atoms with E-state index in [0.717, 1.165) is 5.56 Å². The minimum atomic E-state index is -0.461. The molecule has 0 saturated carbocycles. The van der Waals surface area contributed by atoms with Crippen molar-refractivity contribution < 1.29 is 14.0 Å². The first-order valence-electron chi connectivity index (χ1n) is 9.99. The second-order valence-corrected chi connectivity index (χ2v) is 8.71. The second-order valence-electron chi connectivity index (χ2n) is 8.71. The molecule has 0 unspecified atom stereocenters. The highest BCUT2D eigenvalue weighted by molar-refractivity contribution is 5.83. The minimum absolute atomic E-state index is 0.0646. The third-order valence-electron chi connectivity index (χ3n) is 5.40. The van der Waals surface area contributed by atoms with Gasteiger partial charge < -0.3 is 14.8 Å². The van der Waals surface area contributed by atoms with Crippen molar-refractivity contribution in [2.75, 3.05) is 13.1 Å². The Bertz CT molecular complexity index is 862. The summed E-state index contributed by atoms with van der Waals surface area (Å²) in [5, 5.41) is 3.09. The maximum atomic E-state index is 13.4. The number of halogens is 1. The molecular formula is C22H29FN4O2. The Morgan fingerprint density at radius 3 is 2.31 bits per heavy atom. The van der Waals surface area contributed by atoms with Gasteiger partial charge in [-0.25, -0.2) is 9.37 Å². The molecule has 2 heterocycles. The minimum Gasteiger partial charge on any atom is -0.342 e. The van der Waals surface area contributed by atoms with E-state index in [1.165, 1.54) is 12.1 Å². The van der Waals surface area contributed by atoms with Crippen LogP contribution in [0.25, 0.3) is 0 Å². The topological polar surface area (TPSA) is 67.2 Å². The van der Waals surface area contributed by atoms with Crippen molar-refractivity contribution in [3.8, 4) is 0 Å². The van der Waals surface area contributed by atoms with E-state index in [4.69, 9.17) is 0 Å². The van der Waals surface area contributed by atoms with E-state index >= 15 is 0 Å². The Labute approximate surface area is 171 Å². The van der Waals surface area contributed by atoms with Gasteiger partial charge in [-0.3, -0.25) is 9.59 Å². The quantitative estimate of drug-likeness (QED) is 0.858. The van der Waals surface area contributed by atoms with E-state index in [0.29, 0.717) is 31.8 Å². The molecule has 0 radical (unpaired) electrons. The number of nitrogens with one attached hydrogen (secondary N) is 1. The van der Waals surface area contributed by atoms with Gasteiger partial charge >= 0.3 is 0 Å². The molecule has 0 spiro atoms. The van der Waals surface area contributed by atoms with Gasteiger partial charge in [-0.2, -0.15) is 0 Å². The highest BCUT2D eigenvalue weighted by atomic mass is 19.1. The molecule has 1 aliphatic rings. The number of likely N-dealkylation sites (tertiary alicyclic amines) is 1.